The number of carbonyl (C=O) groups is 1. The zero-order valence-electron chi connectivity index (χ0n) is 15.6. The summed E-state index contributed by atoms with van der Waals surface area (Å²) in [5, 5.41) is 11.2. The standard InChI is InChI=1S/C21H18ClN3O3S2/c22-18-7-3-1-5-14(18)16(17-10-24-19-8-4-2-6-15(17)19)11-25-21(26)13-9-20(29-12-13)30(23,27)28/h1-10,12,16,24H,11H2,(H,25,26)(H2,23,27,28). The zero-order valence-corrected chi connectivity index (χ0v) is 18.0. The molecule has 9 heteroatoms. The van der Waals surface area contributed by atoms with E-state index in [0.29, 0.717) is 5.02 Å². The number of amides is 1. The summed E-state index contributed by atoms with van der Waals surface area (Å²) in [6.45, 7) is 0.283. The van der Waals surface area contributed by atoms with Gasteiger partial charge in [0.15, 0.2) is 0 Å². The lowest BCUT2D eigenvalue weighted by atomic mass is 9.90. The molecule has 0 spiro atoms. The van der Waals surface area contributed by atoms with Crippen molar-refractivity contribution in [1.82, 2.24) is 10.3 Å². The number of thiophene rings is 1. The summed E-state index contributed by atoms with van der Waals surface area (Å²) >= 11 is 7.39. The summed E-state index contributed by atoms with van der Waals surface area (Å²) in [7, 11) is -3.84. The molecule has 6 nitrogen and oxygen atoms in total. The summed E-state index contributed by atoms with van der Waals surface area (Å²) in [5.41, 5.74) is 3.14. The summed E-state index contributed by atoms with van der Waals surface area (Å²) in [6.07, 6.45) is 1.93. The zero-order chi connectivity index (χ0) is 21.3. The van der Waals surface area contributed by atoms with E-state index in [0.717, 1.165) is 33.4 Å². The third kappa shape index (κ3) is 4.13. The van der Waals surface area contributed by atoms with Crippen molar-refractivity contribution >= 4 is 49.8 Å². The minimum Gasteiger partial charge on any atom is -0.361 e. The number of nitrogens with two attached hydrogens (primary N) is 1. The lowest BCUT2D eigenvalue weighted by Gasteiger charge is -2.19. The van der Waals surface area contributed by atoms with Crippen molar-refractivity contribution in [3.05, 3.63) is 87.9 Å². The van der Waals surface area contributed by atoms with E-state index >= 15 is 0 Å². The monoisotopic (exact) mass is 459 g/mol. The molecule has 2 aromatic heterocycles. The molecule has 0 aliphatic carbocycles. The molecule has 0 saturated heterocycles. The molecule has 30 heavy (non-hydrogen) atoms. The van der Waals surface area contributed by atoms with Crippen LogP contribution in [0.5, 0.6) is 0 Å². The first-order valence-corrected chi connectivity index (χ1v) is 11.8. The van der Waals surface area contributed by atoms with Gasteiger partial charge in [-0.15, -0.1) is 11.3 Å². The largest absolute Gasteiger partial charge is 0.361 e. The number of rotatable bonds is 6. The van der Waals surface area contributed by atoms with Gasteiger partial charge in [0.1, 0.15) is 4.21 Å². The van der Waals surface area contributed by atoms with Gasteiger partial charge >= 0.3 is 0 Å². The van der Waals surface area contributed by atoms with Gasteiger partial charge < -0.3 is 10.3 Å². The highest BCUT2D eigenvalue weighted by molar-refractivity contribution is 7.91. The highest BCUT2D eigenvalue weighted by Gasteiger charge is 2.22. The maximum Gasteiger partial charge on any atom is 0.252 e. The van der Waals surface area contributed by atoms with Crippen LogP contribution in [-0.4, -0.2) is 25.9 Å². The van der Waals surface area contributed by atoms with Crippen LogP contribution in [-0.2, 0) is 10.0 Å². The lowest BCUT2D eigenvalue weighted by Crippen LogP contribution is -2.28. The highest BCUT2D eigenvalue weighted by atomic mass is 35.5. The maximum atomic E-state index is 12.7. The fourth-order valence-electron chi connectivity index (χ4n) is 3.41. The second-order valence-corrected chi connectivity index (χ2v) is 9.88. The van der Waals surface area contributed by atoms with Crippen molar-refractivity contribution in [2.75, 3.05) is 6.54 Å². The van der Waals surface area contributed by atoms with Gasteiger partial charge in [-0.1, -0.05) is 48.0 Å². The number of aromatic amines is 1. The smallest absolute Gasteiger partial charge is 0.252 e. The Hall–Kier alpha value is -2.65. The number of H-pyrrole nitrogens is 1. The van der Waals surface area contributed by atoms with Gasteiger partial charge in [0.2, 0.25) is 10.0 Å². The predicted molar refractivity (Wildman–Crippen MR) is 120 cm³/mol. The van der Waals surface area contributed by atoms with Crippen molar-refractivity contribution in [1.29, 1.82) is 0 Å². The van der Waals surface area contributed by atoms with Crippen LogP contribution >= 0.6 is 22.9 Å². The fourth-order valence-corrected chi connectivity index (χ4v) is 5.26. The Labute approximate surface area is 182 Å². The minimum atomic E-state index is -3.84. The molecule has 4 aromatic rings. The van der Waals surface area contributed by atoms with E-state index < -0.39 is 10.0 Å². The van der Waals surface area contributed by atoms with Gasteiger partial charge in [-0.25, -0.2) is 13.6 Å². The van der Waals surface area contributed by atoms with Gasteiger partial charge in [-0.3, -0.25) is 4.79 Å². The number of para-hydroxylation sites is 1. The molecule has 0 radical (unpaired) electrons. The Bertz CT molecular complexity index is 1330. The second kappa shape index (κ2) is 8.23. The van der Waals surface area contributed by atoms with E-state index in [1.807, 2.05) is 54.7 Å². The van der Waals surface area contributed by atoms with E-state index in [-0.39, 0.29) is 28.1 Å². The molecule has 0 saturated carbocycles. The van der Waals surface area contributed by atoms with Crippen LogP contribution in [0.1, 0.15) is 27.4 Å². The van der Waals surface area contributed by atoms with E-state index in [9.17, 15) is 13.2 Å². The van der Waals surface area contributed by atoms with Crippen molar-refractivity contribution in [3.8, 4) is 0 Å². The van der Waals surface area contributed by atoms with Crippen LogP contribution in [0.3, 0.4) is 0 Å². The summed E-state index contributed by atoms with van der Waals surface area (Å²) < 4.78 is 22.9. The molecule has 1 unspecified atom stereocenters. The molecule has 2 aromatic carbocycles. The van der Waals surface area contributed by atoms with Gasteiger partial charge in [-0.05, 0) is 29.3 Å². The molecule has 4 N–H and O–H groups in total. The van der Waals surface area contributed by atoms with Crippen LogP contribution in [0, 0.1) is 0 Å². The molecule has 0 fully saturated rings. The number of halogens is 1. The van der Waals surface area contributed by atoms with Crippen LogP contribution < -0.4 is 10.5 Å². The topological polar surface area (TPSA) is 105 Å². The third-order valence-corrected chi connectivity index (χ3v) is 7.59. The molecule has 2 heterocycles. The number of nitrogens with one attached hydrogen (secondary N) is 2. The summed E-state index contributed by atoms with van der Waals surface area (Å²) in [4.78, 5) is 15.9. The predicted octanol–water partition coefficient (Wildman–Crippen LogP) is 4.09. The summed E-state index contributed by atoms with van der Waals surface area (Å²) in [6, 6.07) is 16.7. The van der Waals surface area contributed by atoms with E-state index in [1.165, 1.54) is 11.4 Å². The average molecular weight is 460 g/mol. The second-order valence-electron chi connectivity index (χ2n) is 6.77. The van der Waals surface area contributed by atoms with E-state index in [1.54, 1.807) is 0 Å². The van der Waals surface area contributed by atoms with E-state index in [2.05, 4.69) is 10.3 Å². The van der Waals surface area contributed by atoms with Crippen molar-refractivity contribution in [2.45, 2.75) is 10.1 Å². The highest BCUT2D eigenvalue weighted by Crippen LogP contribution is 2.34. The van der Waals surface area contributed by atoms with Crippen molar-refractivity contribution in [3.63, 3.8) is 0 Å². The number of hydrogen-bond acceptors (Lipinski definition) is 4. The Morgan fingerprint density at radius 1 is 1.13 bits per heavy atom. The Kier molecular flexibility index (Phi) is 5.66. The van der Waals surface area contributed by atoms with Gasteiger partial charge in [0.05, 0.1) is 5.56 Å². The Morgan fingerprint density at radius 3 is 2.60 bits per heavy atom. The van der Waals surface area contributed by atoms with Gasteiger partial charge in [0.25, 0.3) is 5.91 Å². The van der Waals surface area contributed by atoms with Crippen LogP contribution in [0.2, 0.25) is 5.02 Å². The normalized spacial score (nSPS) is 12.7. The molecule has 154 valence electrons. The first kappa shape index (κ1) is 20.6. The van der Waals surface area contributed by atoms with Gasteiger partial charge in [0, 0.05) is 40.0 Å². The first-order valence-electron chi connectivity index (χ1n) is 9.04. The maximum absolute atomic E-state index is 12.7. The third-order valence-electron chi connectivity index (χ3n) is 4.86. The van der Waals surface area contributed by atoms with Crippen LogP contribution in [0.15, 0.2) is 70.4 Å². The molecule has 0 aliphatic rings. The van der Waals surface area contributed by atoms with Crippen molar-refractivity contribution in [2.24, 2.45) is 5.14 Å². The van der Waals surface area contributed by atoms with E-state index in [4.69, 9.17) is 16.7 Å². The van der Waals surface area contributed by atoms with Gasteiger partial charge in [-0.2, -0.15) is 0 Å². The number of benzene rings is 2. The molecule has 1 atom stereocenters. The quantitative estimate of drug-likeness (QED) is 0.404. The van der Waals surface area contributed by atoms with Crippen LogP contribution in [0.25, 0.3) is 10.9 Å². The number of primary sulfonamides is 1. The number of hydrogen-bond donors (Lipinski definition) is 3. The molecule has 0 bridgehead atoms. The summed E-state index contributed by atoms with van der Waals surface area (Å²) in [5.74, 6) is -0.576. The number of sulfonamides is 1. The average Bonchev–Trinajstić information content (AvgIpc) is 3.37. The molecular formula is C21H18ClN3O3S2. The van der Waals surface area contributed by atoms with Crippen molar-refractivity contribution < 1.29 is 13.2 Å². The first-order chi connectivity index (χ1) is 14.3. The fraction of sp³-hybridized carbons (Fsp3) is 0.0952. The Morgan fingerprint density at radius 2 is 1.87 bits per heavy atom. The molecule has 0 aliphatic heterocycles. The molecule has 1 amide bonds. The number of fused-ring (bicyclic) bond motifs is 1. The number of carbonyl (C=O) groups excluding carboxylic acids is 1. The minimum absolute atomic E-state index is 0.0491. The lowest BCUT2D eigenvalue weighted by molar-refractivity contribution is 0.0953. The SMILES string of the molecule is NS(=O)(=O)c1cc(C(=O)NCC(c2ccccc2Cl)c2c[nH]c3ccccc23)cs1. The van der Waals surface area contributed by atoms with Crippen LogP contribution in [0.4, 0.5) is 0 Å². The Balaban J connectivity index is 1.65. The number of aromatic nitrogens is 1. The molecular weight excluding hydrogens is 442 g/mol. The molecule has 4 rings (SSSR count).